The second-order valence-electron chi connectivity index (χ2n) is 7.57. The van der Waals surface area contributed by atoms with E-state index in [-0.39, 0.29) is 0 Å². The highest BCUT2D eigenvalue weighted by atomic mass is 16.5. The molecule has 1 N–H and O–H groups in total. The lowest BCUT2D eigenvalue weighted by Gasteiger charge is -2.33. The summed E-state index contributed by atoms with van der Waals surface area (Å²) in [6.45, 7) is 10.3. The van der Waals surface area contributed by atoms with Gasteiger partial charge in [0.05, 0.1) is 11.7 Å². The van der Waals surface area contributed by atoms with Crippen LogP contribution in [-0.4, -0.2) is 24.3 Å². The van der Waals surface area contributed by atoms with Gasteiger partial charge in [-0.25, -0.2) is 0 Å². The van der Waals surface area contributed by atoms with Gasteiger partial charge in [0, 0.05) is 12.6 Å². The standard InChI is InChI=1S/C17H33NO/c1-5-16(4,13-18-14(2)3)12-15-8-11-17(19-15)9-6-7-10-17/h14-15,18H,5-13H2,1-4H3. The van der Waals surface area contributed by atoms with Gasteiger partial charge in [0.1, 0.15) is 0 Å². The Kier molecular flexibility index (Phi) is 4.94. The van der Waals surface area contributed by atoms with Gasteiger partial charge in [0.2, 0.25) is 0 Å². The number of hydrogen-bond donors (Lipinski definition) is 1. The van der Waals surface area contributed by atoms with Crippen LogP contribution >= 0.6 is 0 Å². The van der Waals surface area contributed by atoms with Crippen LogP contribution in [0.5, 0.6) is 0 Å². The third-order valence-electron chi connectivity index (χ3n) is 5.36. The Hall–Kier alpha value is -0.0800. The lowest BCUT2D eigenvalue weighted by atomic mass is 9.81. The molecule has 1 aliphatic heterocycles. The molecule has 2 atom stereocenters. The van der Waals surface area contributed by atoms with E-state index in [1.807, 2.05) is 0 Å². The molecular weight excluding hydrogens is 234 g/mol. The number of ether oxygens (including phenoxy) is 1. The molecule has 0 aromatic heterocycles. The van der Waals surface area contributed by atoms with Crippen molar-refractivity contribution in [2.75, 3.05) is 6.54 Å². The number of rotatable bonds is 6. The van der Waals surface area contributed by atoms with Gasteiger partial charge in [0.15, 0.2) is 0 Å². The molecule has 0 aromatic rings. The summed E-state index contributed by atoms with van der Waals surface area (Å²) in [5, 5.41) is 3.62. The first kappa shape index (κ1) is 15.3. The maximum atomic E-state index is 6.49. The molecule has 2 unspecified atom stereocenters. The van der Waals surface area contributed by atoms with Crippen molar-refractivity contribution < 1.29 is 4.74 Å². The van der Waals surface area contributed by atoms with Crippen LogP contribution in [0.4, 0.5) is 0 Å². The average molecular weight is 267 g/mol. The van der Waals surface area contributed by atoms with E-state index in [1.54, 1.807) is 0 Å². The molecule has 2 nitrogen and oxygen atoms in total. The molecule has 1 saturated heterocycles. The lowest BCUT2D eigenvalue weighted by Crippen LogP contribution is -2.38. The molecule has 0 amide bonds. The third-order valence-corrected chi connectivity index (χ3v) is 5.36. The molecular formula is C17H33NO. The highest BCUT2D eigenvalue weighted by Crippen LogP contribution is 2.45. The van der Waals surface area contributed by atoms with Crippen LogP contribution in [0, 0.1) is 5.41 Å². The third kappa shape index (κ3) is 3.95. The van der Waals surface area contributed by atoms with E-state index >= 15 is 0 Å². The van der Waals surface area contributed by atoms with Crippen LogP contribution in [0.1, 0.15) is 79.1 Å². The van der Waals surface area contributed by atoms with E-state index in [1.165, 1.54) is 51.4 Å². The SMILES string of the molecule is CCC(C)(CNC(C)C)CC1CCC2(CCCC2)O1. The predicted molar refractivity (Wildman–Crippen MR) is 81.5 cm³/mol. The van der Waals surface area contributed by atoms with E-state index in [4.69, 9.17) is 4.74 Å². The molecule has 0 aromatic carbocycles. The molecule has 2 fully saturated rings. The maximum absolute atomic E-state index is 6.49. The molecule has 1 spiro atoms. The summed E-state index contributed by atoms with van der Waals surface area (Å²) >= 11 is 0. The maximum Gasteiger partial charge on any atom is 0.0687 e. The smallest absolute Gasteiger partial charge is 0.0687 e. The zero-order valence-electron chi connectivity index (χ0n) is 13.4. The van der Waals surface area contributed by atoms with Crippen LogP contribution in [0.15, 0.2) is 0 Å². The minimum atomic E-state index is 0.296. The molecule has 2 rings (SSSR count). The summed E-state index contributed by atoms with van der Waals surface area (Å²) in [5.74, 6) is 0. The van der Waals surface area contributed by atoms with E-state index in [0.29, 0.717) is 23.2 Å². The van der Waals surface area contributed by atoms with Crippen LogP contribution in [0.2, 0.25) is 0 Å². The second-order valence-corrected chi connectivity index (χ2v) is 7.57. The Labute approximate surface area is 119 Å². The average Bonchev–Trinajstić information content (AvgIpc) is 2.98. The van der Waals surface area contributed by atoms with Crippen LogP contribution in [0.25, 0.3) is 0 Å². The molecule has 19 heavy (non-hydrogen) atoms. The summed E-state index contributed by atoms with van der Waals surface area (Å²) < 4.78 is 6.49. The van der Waals surface area contributed by atoms with Crippen LogP contribution < -0.4 is 5.32 Å². The second kappa shape index (κ2) is 6.13. The summed E-state index contributed by atoms with van der Waals surface area (Å²) in [6, 6.07) is 0.580. The molecule has 2 heteroatoms. The number of nitrogens with one attached hydrogen (secondary N) is 1. The van der Waals surface area contributed by atoms with Crippen LogP contribution in [0.3, 0.4) is 0 Å². The minimum absolute atomic E-state index is 0.296. The summed E-state index contributed by atoms with van der Waals surface area (Å²) in [5.41, 5.74) is 0.684. The van der Waals surface area contributed by atoms with Crippen molar-refractivity contribution in [2.24, 2.45) is 5.41 Å². The summed E-state index contributed by atoms with van der Waals surface area (Å²) in [7, 11) is 0. The largest absolute Gasteiger partial charge is 0.372 e. The highest BCUT2D eigenvalue weighted by Gasteiger charge is 2.43. The first-order valence-electron chi connectivity index (χ1n) is 8.38. The Morgan fingerprint density at radius 3 is 2.53 bits per heavy atom. The van der Waals surface area contributed by atoms with Crippen molar-refractivity contribution in [3.8, 4) is 0 Å². The normalized spacial score (nSPS) is 29.2. The van der Waals surface area contributed by atoms with Crippen molar-refractivity contribution in [1.29, 1.82) is 0 Å². The fourth-order valence-corrected chi connectivity index (χ4v) is 3.77. The van der Waals surface area contributed by atoms with Crippen molar-refractivity contribution >= 4 is 0 Å². The molecule has 0 bridgehead atoms. The van der Waals surface area contributed by atoms with Crippen molar-refractivity contribution in [1.82, 2.24) is 5.32 Å². The quantitative estimate of drug-likeness (QED) is 0.775. The highest BCUT2D eigenvalue weighted by molar-refractivity contribution is 4.94. The molecule has 2 aliphatic rings. The first-order valence-corrected chi connectivity index (χ1v) is 8.38. The Morgan fingerprint density at radius 2 is 1.95 bits per heavy atom. The Balaban J connectivity index is 1.85. The summed E-state index contributed by atoms with van der Waals surface area (Å²) in [4.78, 5) is 0. The van der Waals surface area contributed by atoms with Gasteiger partial charge in [-0.15, -0.1) is 0 Å². The van der Waals surface area contributed by atoms with E-state index < -0.39 is 0 Å². The molecule has 112 valence electrons. The van der Waals surface area contributed by atoms with Gasteiger partial charge in [-0.3, -0.25) is 0 Å². The Morgan fingerprint density at radius 1 is 1.26 bits per heavy atom. The topological polar surface area (TPSA) is 21.3 Å². The lowest BCUT2D eigenvalue weighted by molar-refractivity contribution is -0.0523. The minimum Gasteiger partial charge on any atom is -0.372 e. The summed E-state index contributed by atoms with van der Waals surface area (Å²) in [6.07, 6.45) is 11.0. The van der Waals surface area contributed by atoms with Gasteiger partial charge in [0.25, 0.3) is 0 Å². The van der Waals surface area contributed by atoms with E-state index in [0.717, 1.165) is 6.54 Å². The van der Waals surface area contributed by atoms with Gasteiger partial charge >= 0.3 is 0 Å². The van der Waals surface area contributed by atoms with Gasteiger partial charge in [-0.1, -0.05) is 40.5 Å². The zero-order valence-corrected chi connectivity index (χ0v) is 13.4. The van der Waals surface area contributed by atoms with Gasteiger partial charge < -0.3 is 10.1 Å². The predicted octanol–water partition coefficient (Wildman–Crippen LogP) is 4.28. The van der Waals surface area contributed by atoms with E-state index in [2.05, 4.69) is 33.0 Å². The van der Waals surface area contributed by atoms with Gasteiger partial charge in [-0.05, 0) is 43.9 Å². The molecule has 0 radical (unpaired) electrons. The van der Waals surface area contributed by atoms with Gasteiger partial charge in [-0.2, -0.15) is 0 Å². The fourth-order valence-electron chi connectivity index (χ4n) is 3.77. The molecule has 1 saturated carbocycles. The van der Waals surface area contributed by atoms with E-state index in [9.17, 15) is 0 Å². The first-order chi connectivity index (χ1) is 8.97. The molecule has 1 aliphatic carbocycles. The monoisotopic (exact) mass is 267 g/mol. The van der Waals surface area contributed by atoms with Crippen molar-refractivity contribution in [3.05, 3.63) is 0 Å². The number of hydrogen-bond acceptors (Lipinski definition) is 2. The molecule has 1 heterocycles. The zero-order chi connectivity index (χ0) is 13.9. The Bertz CT molecular complexity index is 283. The van der Waals surface area contributed by atoms with Crippen molar-refractivity contribution in [3.63, 3.8) is 0 Å². The van der Waals surface area contributed by atoms with Crippen LogP contribution in [-0.2, 0) is 4.74 Å². The van der Waals surface area contributed by atoms with Crippen molar-refractivity contribution in [2.45, 2.75) is 96.8 Å². The fraction of sp³-hybridized carbons (Fsp3) is 1.00.